The summed E-state index contributed by atoms with van der Waals surface area (Å²) in [6.07, 6.45) is 9.67. The molecule has 3 fully saturated rings. The molecule has 5 heteroatoms. The van der Waals surface area contributed by atoms with Crippen molar-refractivity contribution in [1.82, 2.24) is 15.5 Å². The van der Waals surface area contributed by atoms with Crippen LogP contribution in [0.1, 0.15) is 44.9 Å². The highest BCUT2D eigenvalue weighted by atomic mass is 16.5. The lowest BCUT2D eigenvalue weighted by Crippen LogP contribution is -2.55. The SMILES string of the molecule is CN=C(NCC1(N(C)C)CCCC1)NC1CC2CCC1O2. The standard InChI is InChI=1S/C16H30N4O/c1-17-15(19-13-10-12-6-7-14(13)21-12)18-11-16(20(2)3)8-4-5-9-16/h12-14H,4-11H2,1-3H3,(H2,17,18,19). The maximum Gasteiger partial charge on any atom is 0.191 e. The van der Waals surface area contributed by atoms with Gasteiger partial charge in [-0.05, 0) is 46.2 Å². The Morgan fingerprint density at radius 3 is 2.57 bits per heavy atom. The van der Waals surface area contributed by atoms with Gasteiger partial charge in [0.15, 0.2) is 5.96 Å². The number of fused-ring (bicyclic) bond motifs is 2. The van der Waals surface area contributed by atoms with E-state index in [4.69, 9.17) is 4.74 Å². The molecule has 2 N–H and O–H groups in total. The predicted octanol–water partition coefficient (Wildman–Crippen LogP) is 1.35. The molecule has 2 aliphatic heterocycles. The molecule has 0 aromatic heterocycles. The van der Waals surface area contributed by atoms with Gasteiger partial charge in [-0.25, -0.2) is 0 Å². The van der Waals surface area contributed by atoms with E-state index in [1.807, 2.05) is 7.05 Å². The molecule has 3 unspecified atom stereocenters. The Morgan fingerprint density at radius 2 is 2.05 bits per heavy atom. The molecule has 5 nitrogen and oxygen atoms in total. The van der Waals surface area contributed by atoms with Crippen molar-refractivity contribution in [3.63, 3.8) is 0 Å². The highest BCUT2D eigenvalue weighted by molar-refractivity contribution is 5.80. The van der Waals surface area contributed by atoms with Crippen LogP contribution >= 0.6 is 0 Å². The summed E-state index contributed by atoms with van der Waals surface area (Å²) in [7, 11) is 6.26. The second-order valence-electron chi connectivity index (χ2n) is 7.11. The zero-order chi connectivity index (χ0) is 14.9. The predicted molar refractivity (Wildman–Crippen MR) is 85.7 cm³/mol. The average Bonchev–Trinajstić information content (AvgIpc) is 3.19. The van der Waals surface area contributed by atoms with Gasteiger partial charge in [-0.2, -0.15) is 0 Å². The van der Waals surface area contributed by atoms with Crippen molar-refractivity contribution in [3.05, 3.63) is 0 Å². The molecule has 21 heavy (non-hydrogen) atoms. The normalized spacial score (nSPS) is 34.7. The monoisotopic (exact) mass is 294 g/mol. The van der Waals surface area contributed by atoms with E-state index in [9.17, 15) is 0 Å². The number of aliphatic imine (C=N–C) groups is 1. The number of rotatable bonds is 4. The third-order valence-electron chi connectivity index (χ3n) is 5.72. The zero-order valence-electron chi connectivity index (χ0n) is 13.7. The topological polar surface area (TPSA) is 48.9 Å². The molecule has 2 bridgehead atoms. The first kappa shape index (κ1) is 15.1. The maximum atomic E-state index is 5.91. The van der Waals surface area contributed by atoms with Crippen molar-refractivity contribution in [2.45, 2.75) is 68.7 Å². The molecule has 0 aromatic rings. The Kier molecular flexibility index (Phi) is 4.41. The van der Waals surface area contributed by atoms with E-state index in [0.29, 0.717) is 23.8 Å². The van der Waals surface area contributed by atoms with Gasteiger partial charge in [0, 0.05) is 19.1 Å². The van der Waals surface area contributed by atoms with Crippen molar-refractivity contribution < 1.29 is 4.74 Å². The minimum absolute atomic E-state index is 0.294. The second kappa shape index (κ2) is 6.13. The van der Waals surface area contributed by atoms with Crippen LogP contribution in [-0.2, 0) is 4.74 Å². The minimum atomic E-state index is 0.294. The van der Waals surface area contributed by atoms with E-state index in [1.54, 1.807) is 0 Å². The third-order valence-corrected chi connectivity index (χ3v) is 5.72. The fourth-order valence-corrected chi connectivity index (χ4v) is 4.22. The molecular weight excluding hydrogens is 264 g/mol. The van der Waals surface area contributed by atoms with E-state index in [0.717, 1.165) is 18.9 Å². The van der Waals surface area contributed by atoms with Gasteiger partial charge in [0.1, 0.15) is 0 Å². The number of ether oxygens (including phenoxy) is 1. The second-order valence-corrected chi connectivity index (χ2v) is 7.11. The molecule has 0 radical (unpaired) electrons. The smallest absolute Gasteiger partial charge is 0.191 e. The lowest BCUT2D eigenvalue weighted by molar-refractivity contribution is 0.0991. The Morgan fingerprint density at radius 1 is 1.29 bits per heavy atom. The van der Waals surface area contributed by atoms with Crippen molar-refractivity contribution in [3.8, 4) is 0 Å². The van der Waals surface area contributed by atoms with Crippen LogP contribution in [0, 0.1) is 0 Å². The van der Waals surface area contributed by atoms with Gasteiger partial charge in [0.05, 0.1) is 18.2 Å². The molecule has 2 saturated heterocycles. The van der Waals surface area contributed by atoms with Gasteiger partial charge in [0.2, 0.25) is 0 Å². The average molecular weight is 294 g/mol. The zero-order valence-corrected chi connectivity index (χ0v) is 13.7. The van der Waals surface area contributed by atoms with Gasteiger partial charge in [0.25, 0.3) is 0 Å². The first-order valence-corrected chi connectivity index (χ1v) is 8.43. The molecule has 3 aliphatic rings. The molecule has 2 heterocycles. The maximum absolute atomic E-state index is 5.91. The first-order chi connectivity index (χ1) is 10.1. The summed E-state index contributed by atoms with van der Waals surface area (Å²) in [6.45, 7) is 0.974. The summed E-state index contributed by atoms with van der Waals surface area (Å²) < 4.78 is 5.91. The minimum Gasteiger partial charge on any atom is -0.373 e. The van der Waals surface area contributed by atoms with Crippen LogP contribution in [0.25, 0.3) is 0 Å². The summed E-state index contributed by atoms with van der Waals surface area (Å²) in [4.78, 5) is 6.80. The number of hydrogen-bond acceptors (Lipinski definition) is 3. The molecule has 1 saturated carbocycles. The Hall–Kier alpha value is -0.810. The van der Waals surface area contributed by atoms with Gasteiger partial charge in [-0.15, -0.1) is 0 Å². The lowest BCUT2D eigenvalue weighted by Gasteiger charge is -2.37. The summed E-state index contributed by atoms with van der Waals surface area (Å²) in [5, 5.41) is 7.13. The molecule has 0 aromatic carbocycles. The largest absolute Gasteiger partial charge is 0.373 e. The van der Waals surface area contributed by atoms with E-state index in [1.165, 1.54) is 38.5 Å². The van der Waals surface area contributed by atoms with Crippen molar-refractivity contribution in [2.75, 3.05) is 27.7 Å². The van der Waals surface area contributed by atoms with Crippen molar-refractivity contribution in [1.29, 1.82) is 0 Å². The quantitative estimate of drug-likeness (QED) is 0.607. The van der Waals surface area contributed by atoms with Crippen LogP contribution in [0.15, 0.2) is 4.99 Å². The van der Waals surface area contributed by atoms with E-state index >= 15 is 0 Å². The van der Waals surface area contributed by atoms with Gasteiger partial charge in [-0.3, -0.25) is 4.99 Å². The third kappa shape index (κ3) is 3.04. The van der Waals surface area contributed by atoms with E-state index < -0.39 is 0 Å². The number of nitrogens with zero attached hydrogens (tertiary/aromatic N) is 2. The Balaban J connectivity index is 1.53. The summed E-state index contributed by atoms with van der Waals surface area (Å²) in [6, 6.07) is 0.439. The highest BCUT2D eigenvalue weighted by Crippen LogP contribution is 2.35. The summed E-state index contributed by atoms with van der Waals surface area (Å²) in [5.41, 5.74) is 0.294. The van der Waals surface area contributed by atoms with Crippen LogP contribution in [0.2, 0.25) is 0 Å². The number of hydrogen-bond donors (Lipinski definition) is 2. The van der Waals surface area contributed by atoms with Gasteiger partial charge in [-0.1, -0.05) is 12.8 Å². The molecular formula is C16H30N4O. The first-order valence-electron chi connectivity index (χ1n) is 8.43. The number of nitrogens with one attached hydrogen (secondary N) is 2. The molecule has 120 valence electrons. The van der Waals surface area contributed by atoms with E-state index in [-0.39, 0.29) is 0 Å². The van der Waals surface area contributed by atoms with Gasteiger partial charge >= 0.3 is 0 Å². The van der Waals surface area contributed by atoms with Crippen molar-refractivity contribution >= 4 is 5.96 Å². The van der Waals surface area contributed by atoms with Crippen LogP contribution < -0.4 is 10.6 Å². The Bertz CT molecular complexity index is 390. The summed E-state index contributed by atoms with van der Waals surface area (Å²) >= 11 is 0. The van der Waals surface area contributed by atoms with Gasteiger partial charge < -0.3 is 20.3 Å². The fourth-order valence-electron chi connectivity index (χ4n) is 4.22. The van der Waals surface area contributed by atoms with E-state index in [2.05, 4.69) is 34.6 Å². The molecule has 0 amide bonds. The Labute approximate surface area is 128 Å². The van der Waals surface area contributed by atoms with Crippen LogP contribution in [0.3, 0.4) is 0 Å². The van der Waals surface area contributed by atoms with Crippen LogP contribution in [-0.4, -0.2) is 62.3 Å². The van der Waals surface area contributed by atoms with Crippen LogP contribution in [0.4, 0.5) is 0 Å². The number of guanidine groups is 1. The van der Waals surface area contributed by atoms with Crippen molar-refractivity contribution in [2.24, 2.45) is 4.99 Å². The molecule has 3 rings (SSSR count). The van der Waals surface area contributed by atoms with Crippen LogP contribution in [0.5, 0.6) is 0 Å². The fraction of sp³-hybridized carbons (Fsp3) is 0.938. The number of likely N-dealkylation sites (N-methyl/N-ethyl adjacent to an activating group) is 1. The molecule has 0 spiro atoms. The molecule has 3 atom stereocenters. The molecule has 1 aliphatic carbocycles. The lowest BCUT2D eigenvalue weighted by atomic mass is 9.95. The summed E-state index contributed by atoms with van der Waals surface area (Å²) in [5.74, 6) is 0.935. The highest BCUT2D eigenvalue weighted by Gasteiger charge is 2.41.